The number of methoxy groups -OCH3 is 1. The molecule has 41 heavy (non-hydrogen) atoms. The van der Waals surface area contributed by atoms with Gasteiger partial charge in [-0.15, -0.1) is 11.3 Å². The normalized spacial score (nSPS) is 13.8. The van der Waals surface area contributed by atoms with Gasteiger partial charge in [-0.1, -0.05) is 6.07 Å². The maximum absolute atomic E-state index is 13.5. The molecule has 2 heterocycles. The highest BCUT2D eigenvalue weighted by atomic mass is 32.1. The van der Waals surface area contributed by atoms with Crippen LogP contribution in [-0.4, -0.2) is 23.9 Å². The first-order chi connectivity index (χ1) is 19.7. The fourth-order valence-corrected chi connectivity index (χ4v) is 6.13. The number of nitrogens with zero attached hydrogens (tertiary/aromatic N) is 1. The number of amides is 2. The van der Waals surface area contributed by atoms with Gasteiger partial charge in [-0.05, 0) is 98.3 Å². The lowest BCUT2D eigenvalue weighted by molar-refractivity contribution is 0.0926. The zero-order valence-electron chi connectivity index (χ0n) is 22.8. The van der Waals surface area contributed by atoms with Crippen LogP contribution in [0.25, 0.3) is 22.3 Å². The molecule has 9 heteroatoms. The first kappa shape index (κ1) is 26.7. The molecule has 7 nitrogen and oxygen atoms in total. The van der Waals surface area contributed by atoms with Gasteiger partial charge in [0, 0.05) is 22.0 Å². The van der Waals surface area contributed by atoms with Crippen LogP contribution in [0.5, 0.6) is 5.75 Å². The van der Waals surface area contributed by atoms with Crippen molar-refractivity contribution in [3.8, 4) is 17.1 Å². The maximum Gasteiger partial charge on any atom is 0.255 e. The Labute approximate surface area is 240 Å². The van der Waals surface area contributed by atoms with E-state index in [4.69, 9.17) is 14.9 Å². The van der Waals surface area contributed by atoms with Gasteiger partial charge in [-0.25, -0.2) is 9.37 Å². The number of carbonyl (C=O) groups is 2. The minimum absolute atomic E-state index is 0.210. The number of carbonyl (C=O) groups excluding carboxylic acids is 2. The van der Waals surface area contributed by atoms with Gasteiger partial charge in [0.15, 0.2) is 0 Å². The molecule has 0 atom stereocenters. The third-order valence-electron chi connectivity index (χ3n) is 7.54. The summed E-state index contributed by atoms with van der Waals surface area (Å²) in [5.41, 5.74) is 9.90. The van der Waals surface area contributed by atoms with E-state index in [1.165, 1.54) is 12.1 Å². The second kappa shape index (κ2) is 10.2. The Kier molecular flexibility index (Phi) is 6.62. The highest BCUT2D eigenvalue weighted by Gasteiger charge is 2.48. The van der Waals surface area contributed by atoms with Crippen molar-refractivity contribution in [2.24, 2.45) is 5.73 Å². The highest BCUT2D eigenvalue weighted by Crippen LogP contribution is 2.47. The van der Waals surface area contributed by atoms with Gasteiger partial charge in [-0.3, -0.25) is 9.59 Å². The van der Waals surface area contributed by atoms with Crippen molar-refractivity contribution in [2.75, 3.05) is 7.11 Å². The van der Waals surface area contributed by atoms with Crippen LogP contribution in [0.3, 0.4) is 0 Å². The van der Waals surface area contributed by atoms with E-state index in [1.807, 2.05) is 44.3 Å². The van der Waals surface area contributed by atoms with Crippen LogP contribution in [0.15, 0.2) is 65.2 Å². The molecule has 6 rings (SSSR count). The zero-order chi connectivity index (χ0) is 28.9. The van der Waals surface area contributed by atoms with E-state index in [2.05, 4.69) is 10.3 Å². The van der Waals surface area contributed by atoms with Gasteiger partial charge in [-0.2, -0.15) is 0 Å². The van der Waals surface area contributed by atoms with Crippen LogP contribution in [-0.2, 0) is 12.0 Å². The van der Waals surface area contributed by atoms with E-state index < -0.39 is 11.4 Å². The average Bonchev–Trinajstić information content (AvgIpc) is 3.41. The summed E-state index contributed by atoms with van der Waals surface area (Å²) in [7, 11) is 1.55. The molecule has 1 saturated carbocycles. The van der Waals surface area contributed by atoms with Gasteiger partial charge >= 0.3 is 0 Å². The largest absolute Gasteiger partial charge is 0.496 e. The third kappa shape index (κ3) is 4.97. The molecule has 0 unspecified atom stereocenters. The number of aryl methyl sites for hydroxylation is 2. The summed E-state index contributed by atoms with van der Waals surface area (Å²) in [5.74, 6) is -0.432. The smallest absolute Gasteiger partial charge is 0.255 e. The molecule has 2 amide bonds. The SMILES string of the molecule is COc1cc(C)c(Cc2ccc3oc(-c4ccc(F)cc4)c(C(N)=O)c3c2)cc1C(=O)NC1(c2ncc(C)s2)CC1. The maximum atomic E-state index is 13.5. The third-order valence-corrected chi connectivity index (χ3v) is 8.65. The number of aromatic nitrogens is 1. The van der Waals surface area contributed by atoms with Crippen LogP contribution in [0.2, 0.25) is 0 Å². The van der Waals surface area contributed by atoms with Crippen molar-refractivity contribution in [3.05, 3.63) is 104 Å². The molecule has 1 aliphatic rings. The van der Waals surface area contributed by atoms with E-state index in [-0.39, 0.29) is 17.3 Å². The Bertz CT molecular complexity index is 1820. The van der Waals surface area contributed by atoms with Gasteiger partial charge in [0.25, 0.3) is 11.8 Å². The second-order valence-electron chi connectivity index (χ2n) is 10.5. The van der Waals surface area contributed by atoms with Crippen molar-refractivity contribution in [2.45, 2.75) is 38.6 Å². The number of primary amides is 1. The number of hydrogen-bond acceptors (Lipinski definition) is 6. The van der Waals surface area contributed by atoms with Crippen LogP contribution in [0, 0.1) is 19.7 Å². The molecule has 3 aromatic carbocycles. The van der Waals surface area contributed by atoms with Crippen LogP contribution in [0.1, 0.15) is 60.1 Å². The standard InChI is InChI=1S/C32H28FN3O4S/c1-17-12-26(39-3)24(30(38)36-32(10-11-32)31-35-16-18(2)41-31)15-21(17)13-19-4-9-25-23(14-19)27(29(34)37)28(40-25)20-5-7-22(33)8-6-20/h4-9,12,14-16H,10-11,13H2,1-3H3,(H2,34,37)(H,36,38). The first-order valence-electron chi connectivity index (χ1n) is 13.2. The number of nitrogens with one attached hydrogen (secondary N) is 1. The number of ether oxygens (including phenoxy) is 1. The van der Waals surface area contributed by atoms with Crippen molar-refractivity contribution >= 4 is 34.1 Å². The number of halogens is 1. The molecule has 208 valence electrons. The minimum atomic E-state index is -0.635. The molecule has 5 aromatic rings. The van der Waals surface area contributed by atoms with Crippen molar-refractivity contribution in [1.29, 1.82) is 0 Å². The predicted octanol–water partition coefficient (Wildman–Crippen LogP) is 6.43. The Morgan fingerprint density at radius 2 is 1.88 bits per heavy atom. The Hall–Kier alpha value is -4.50. The topological polar surface area (TPSA) is 107 Å². The molecule has 1 fully saturated rings. The molecule has 0 radical (unpaired) electrons. The molecule has 2 aromatic heterocycles. The van der Waals surface area contributed by atoms with Gasteiger partial charge in [0.2, 0.25) is 0 Å². The van der Waals surface area contributed by atoms with Gasteiger partial charge in [0.1, 0.15) is 27.9 Å². The molecular formula is C32H28FN3O4S. The van der Waals surface area contributed by atoms with E-state index in [0.29, 0.717) is 40.0 Å². The van der Waals surface area contributed by atoms with Crippen LogP contribution in [0.4, 0.5) is 4.39 Å². The van der Waals surface area contributed by atoms with E-state index in [9.17, 15) is 14.0 Å². The zero-order valence-corrected chi connectivity index (χ0v) is 23.7. The van der Waals surface area contributed by atoms with E-state index in [1.54, 1.807) is 36.6 Å². The Balaban J connectivity index is 1.33. The lowest BCUT2D eigenvalue weighted by Crippen LogP contribution is -2.35. The Morgan fingerprint density at radius 3 is 2.51 bits per heavy atom. The number of rotatable bonds is 8. The molecule has 3 N–H and O–H groups in total. The number of nitrogens with two attached hydrogens (primary N) is 1. The summed E-state index contributed by atoms with van der Waals surface area (Å²) in [6.07, 6.45) is 4.02. The lowest BCUT2D eigenvalue weighted by Gasteiger charge is -2.18. The molecule has 0 saturated heterocycles. The summed E-state index contributed by atoms with van der Waals surface area (Å²) < 4.78 is 25.1. The average molecular weight is 570 g/mol. The summed E-state index contributed by atoms with van der Waals surface area (Å²) in [4.78, 5) is 31.6. The van der Waals surface area contributed by atoms with Crippen LogP contribution >= 0.6 is 11.3 Å². The summed E-state index contributed by atoms with van der Waals surface area (Å²) >= 11 is 1.60. The molecular weight excluding hydrogens is 541 g/mol. The van der Waals surface area contributed by atoms with E-state index >= 15 is 0 Å². The number of thiazole rings is 1. The summed E-state index contributed by atoms with van der Waals surface area (Å²) in [6.45, 7) is 3.98. The number of hydrogen-bond donors (Lipinski definition) is 2. The number of benzene rings is 3. The van der Waals surface area contributed by atoms with Gasteiger partial charge < -0.3 is 20.2 Å². The molecule has 1 aliphatic carbocycles. The lowest BCUT2D eigenvalue weighted by atomic mass is 9.95. The van der Waals surface area contributed by atoms with Crippen LogP contribution < -0.4 is 15.8 Å². The Morgan fingerprint density at radius 1 is 1.12 bits per heavy atom. The summed E-state index contributed by atoms with van der Waals surface area (Å²) in [6, 6.07) is 15.0. The molecule has 0 bridgehead atoms. The van der Waals surface area contributed by atoms with Gasteiger partial charge in [0.05, 0.1) is 23.8 Å². The van der Waals surface area contributed by atoms with Crippen molar-refractivity contribution in [3.63, 3.8) is 0 Å². The second-order valence-corrected chi connectivity index (χ2v) is 11.7. The fraction of sp³-hybridized carbons (Fsp3) is 0.219. The predicted molar refractivity (Wildman–Crippen MR) is 156 cm³/mol. The number of fused-ring (bicyclic) bond motifs is 1. The first-order valence-corrected chi connectivity index (χ1v) is 14.0. The highest BCUT2D eigenvalue weighted by molar-refractivity contribution is 7.11. The monoisotopic (exact) mass is 569 g/mol. The minimum Gasteiger partial charge on any atom is -0.496 e. The fourth-order valence-electron chi connectivity index (χ4n) is 5.16. The van der Waals surface area contributed by atoms with E-state index in [0.717, 1.165) is 39.4 Å². The summed E-state index contributed by atoms with van der Waals surface area (Å²) in [5, 5.41) is 4.71. The van der Waals surface area contributed by atoms with Crippen molar-refractivity contribution < 1.29 is 23.1 Å². The molecule has 0 spiro atoms. The number of furan rings is 1. The quantitative estimate of drug-likeness (QED) is 0.224. The van der Waals surface area contributed by atoms with Crippen molar-refractivity contribution in [1.82, 2.24) is 10.3 Å². The molecule has 0 aliphatic heterocycles.